The van der Waals surface area contributed by atoms with Gasteiger partial charge in [0.05, 0.1) is 0 Å². The van der Waals surface area contributed by atoms with E-state index in [4.69, 9.17) is 10.5 Å². The summed E-state index contributed by atoms with van der Waals surface area (Å²) in [6.07, 6.45) is -0.625. The summed E-state index contributed by atoms with van der Waals surface area (Å²) in [6, 6.07) is 7.50. The molecule has 1 aromatic carbocycles. The van der Waals surface area contributed by atoms with Crippen molar-refractivity contribution in [2.24, 2.45) is 11.7 Å². The molecule has 3 N–H and O–H groups in total. The maximum atomic E-state index is 9.77. The van der Waals surface area contributed by atoms with Crippen molar-refractivity contribution in [2.45, 2.75) is 32.9 Å². The number of hydrogen-bond donors (Lipinski definition) is 2. The van der Waals surface area contributed by atoms with E-state index < -0.39 is 6.10 Å². The van der Waals surface area contributed by atoms with Crippen LogP contribution < -0.4 is 10.5 Å². The predicted molar refractivity (Wildman–Crippen MR) is 65.5 cm³/mol. The number of hydrogen-bond acceptors (Lipinski definition) is 3. The molecule has 0 radical (unpaired) electrons. The van der Waals surface area contributed by atoms with Gasteiger partial charge < -0.3 is 15.6 Å². The lowest BCUT2D eigenvalue weighted by Crippen LogP contribution is -2.42. The second-order valence-electron chi connectivity index (χ2n) is 4.52. The Bertz CT molecular complexity index is 325. The Labute approximate surface area is 97.2 Å². The highest BCUT2D eigenvalue weighted by Crippen LogP contribution is 2.13. The monoisotopic (exact) mass is 223 g/mol. The van der Waals surface area contributed by atoms with Gasteiger partial charge in [0.1, 0.15) is 18.5 Å². The Morgan fingerprint density at radius 3 is 2.62 bits per heavy atom. The molecule has 2 atom stereocenters. The summed E-state index contributed by atoms with van der Waals surface area (Å²) < 4.78 is 5.49. The first-order valence-corrected chi connectivity index (χ1v) is 5.64. The van der Waals surface area contributed by atoms with Crippen LogP contribution in [0.25, 0.3) is 0 Å². The zero-order chi connectivity index (χ0) is 12.1. The number of aliphatic hydroxyl groups excluding tert-OH is 1. The van der Waals surface area contributed by atoms with E-state index in [1.165, 1.54) is 0 Å². The van der Waals surface area contributed by atoms with E-state index in [-0.39, 0.29) is 18.6 Å². The van der Waals surface area contributed by atoms with Gasteiger partial charge in [-0.05, 0) is 30.5 Å². The lowest BCUT2D eigenvalue weighted by atomic mass is 10.0. The minimum atomic E-state index is -0.625. The second-order valence-corrected chi connectivity index (χ2v) is 4.52. The van der Waals surface area contributed by atoms with Crippen LogP contribution in [-0.2, 0) is 0 Å². The number of benzene rings is 1. The zero-order valence-corrected chi connectivity index (χ0v) is 10.2. The highest BCUT2D eigenvalue weighted by atomic mass is 16.5. The molecule has 0 saturated heterocycles. The van der Waals surface area contributed by atoms with Crippen molar-refractivity contribution in [3.63, 3.8) is 0 Å². The third kappa shape index (κ3) is 3.83. The van der Waals surface area contributed by atoms with Crippen molar-refractivity contribution in [2.75, 3.05) is 6.61 Å². The van der Waals surface area contributed by atoms with E-state index in [0.29, 0.717) is 0 Å². The molecule has 0 heterocycles. The first-order chi connectivity index (χ1) is 7.50. The fourth-order valence-electron chi connectivity index (χ4n) is 1.44. The van der Waals surface area contributed by atoms with Gasteiger partial charge in [0.15, 0.2) is 0 Å². The van der Waals surface area contributed by atoms with Crippen molar-refractivity contribution < 1.29 is 9.84 Å². The second kappa shape index (κ2) is 5.87. The molecule has 0 aromatic heterocycles. The van der Waals surface area contributed by atoms with Gasteiger partial charge >= 0.3 is 0 Å². The van der Waals surface area contributed by atoms with Crippen LogP contribution in [0.15, 0.2) is 24.3 Å². The normalized spacial score (nSPS) is 14.9. The van der Waals surface area contributed by atoms with Gasteiger partial charge in [0.25, 0.3) is 0 Å². The number of aryl methyl sites for hydroxylation is 1. The summed E-state index contributed by atoms with van der Waals surface area (Å²) in [4.78, 5) is 0. The van der Waals surface area contributed by atoms with Gasteiger partial charge in [-0.15, -0.1) is 0 Å². The summed E-state index contributed by atoms with van der Waals surface area (Å²) in [5.74, 6) is 1.02. The van der Waals surface area contributed by atoms with Crippen molar-refractivity contribution in [3.8, 4) is 5.75 Å². The van der Waals surface area contributed by atoms with E-state index in [1.807, 2.05) is 45.0 Å². The number of rotatable bonds is 5. The molecule has 0 saturated carbocycles. The van der Waals surface area contributed by atoms with Crippen LogP contribution in [0.3, 0.4) is 0 Å². The average Bonchev–Trinajstić information content (AvgIpc) is 2.24. The Balaban J connectivity index is 2.45. The molecule has 0 spiro atoms. The van der Waals surface area contributed by atoms with Crippen molar-refractivity contribution >= 4 is 0 Å². The van der Waals surface area contributed by atoms with Crippen molar-refractivity contribution in [3.05, 3.63) is 29.8 Å². The van der Waals surface area contributed by atoms with Gasteiger partial charge in [0, 0.05) is 6.04 Å². The van der Waals surface area contributed by atoms with E-state index >= 15 is 0 Å². The molecule has 1 aromatic rings. The Morgan fingerprint density at radius 2 is 2.06 bits per heavy atom. The topological polar surface area (TPSA) is 55.5 Å². The fourth-order valence-corrected chi connectivity index (χ4v) is 1.44. The van der Waals surface area contributed by atoms with Gasteiger partial charge in [-0.3, -0.25) is 0 Å². The van der Waals surface area contributed by atoms with Gasteiger partial charge in [0.2, 0.25) is 0 Å². The molecular weight excluding hydrogens is 202 g/mol. The van der Waals surface area contributed by atoms with Gasteiger partial charge in [-0.25, -0.2) is 0 Å². The molecule has 3 nitrogen and oxygen atoms in total. The largest absolute Gasteiger partial charge is 0.491 e. The molecule has 3 heteroatoms. The Kier molecular flexibility index (Phi) is 4.77. The highest BCUT2D eigenvalue weighted by Gasteiger charge is 2.18. The van der Waals surface area contributed by atoms with E-state index in [2.05, 4.69) is 0 Å². The van der Waals surface area contributed by atoms with Crippen LogP contribution in [0, 0.1) is 12.8 Å². The minimum Gasteiger partial charge on any atom is -0.491 e. The molecule has 0 fully saturated rings. The Morgan fingerprint density at radius 1 is 1.38 bits per heavy atom. The molecule has 1 rings (SSSR count). The van der Waals surface area contributed by atoms with Gasteiger partial charge in [-0.1, -0.05) is 26.0 Å². The summed E-state index contributed by atoms with van der Waals surface area (Å²) >= 11 is 0. The molecular formula is C13H21NO2. The van der Waals surface area contributed by atoms with Crippen LogP contribution in [-0.4, -0.2) is 23.9 Å². The molecule has 90 valence electrons. The molecule has 0 aliphatic rings. The van der Waals surface area contributed by atoms with Gasteiger partial charge in [-0.2, -0.15) is 0 Å². The molecule has 2 unspecified atom stereocenters. The minimum absolute atomic E-state index is 0.239. The van der Waals surface area contributed by atoms with E-state index in [0.717, 1.165) is 11.3 Å². The van der Waals surface area contributed by atoms with Crippen LogP contribution in [0.5, 0.6) is 5.75 Å². The lowest BCUT2D eigenvalue weighted by molar-refractivity contribution is 0.0715. The first-order valence-electron chi connectivity index (χ1n) is 5.64. The van der Waals surface area contributed by atoms with Crippen molar-refractivity contribution in [1.29, 1.82) is 0 Å². The maximum Gasteiger partial charge on any atom is 0.119 e. The van der Waals surface area contributed by atoms with Crippen LogP contribution >= 0.6 is 0 Å². The SMILES string of the molecule is Cc1cccc(OCC(O)C(N)C(C)C)c1. The first kappa shape index (κ1) is 13.0. The van der Waals surface area contributed by atoms with Crippen LogP contribution in [0.4, 0.5) is 0 Å². The molecule has 0 bridgehead atoms. The molecule has 0 aliphatic carbocycles. The molecule has 16 heavy (non-hydrogen) atoms. The number of ether oxygens (including phenoxy) is 1. The zero-order valence-electron chi connectivity index (χ0n) is 10.2. The van der Waals surface area contributed by atoms with Crippen LogP contribution in [0.2, 0.25) is 0 Å². The fraction of sp³-hybridized carbons (Fsp3) is 0.538. The summed E-state index contributed by atoms with van der Waals surface area (Å²) in [5.41, 5.74) is 6.96. The van der Waals surface area contributed by atoms with E-state index in [9.17, 15) is 5.11 Å². The summed E-state index contributed by atoms with van der Waals surface area (Å²) in [6.45, 7) is 6.22. The Hall–Kier alpha value is -1.06. The number of aliphatic hydroxyl groups is 1. The maximum absolute atomic E-state index is 9.77. The molecule has 0 aliphatic heterocycles. The predicted octanol–water partition coefficient (Wildman–Crippen LogP) is 1.72. The highest BCUT2D eigenvalue weighted by molar-refractivity contribution is 5.27. The molecule has 0 amide bonds. The standard InChI is InChI=1S/C13H21NO2/c1-9(2)13(14)12(15)8-16-11-6-4-5-10(3)7-11/h4-7,9,12-13,15H,8,14H2,1-3H3. The average molecular weight is 223 g/mol. The third-order valence-corrected chi connectivity index (χ3v) is 2.62. The van der Waals surface area contributed by atoms with E-state index in [1.54, 1.807) is 0 Å². The number of nitrogens with two attached hydrogens (primary N) is 1. The summed E-state index contributed by atoms with van der Waals surface area (Å²) in [7, 11) is 0. The third-order valence-electron chi connectivity index (χ3n) is 2.62. The quantitative estimate of drug-likeness (QED) is 0.799. The van der Waals surface area contributed by atoms with Crippen molar-refractivity contribution in [1.82, 2.24) is 0 Å². The van der Waals surface area contributed by atoms with Crippen LogP contribution in [0.1, 0.15) is 19.4 Å². The smallest absolute Gasteiger partial charge is 0.119 e. The lowest BCUT2D eigenvalue weighted by Gasteiger charge is -2.22. The summed E-state index contributed by atoms with van der Waals surface area (Å²) in [5, 5.41) is 9.77.